The van der Waals surface area contributed by atoms with E-state index in [-0.39, 0.29) is 16.1 Å². The minimum atomic E-state index is -3.76. The van der Waals surface area contributed by atoms with Crippen LogP contribution in [0.15, 0.2) is 47.4 Å². The van der Waals surface area contributed by atoms with E-state index in [0.717, 1.165) is 0 Å². The van der Waals surface area contributed by atoms with E-state index in [9.17, 15) is 12.8 Å². The first-order valence-electron chi connectivity index (χ1n) is 6.46. The first-order valence-corrected chi connectivity index (χ1v) is 7.94. The van der Waals surface area contributed by atoms with Gasteiger partial charge in [0.1, 0.15) is 5.82 Å². The smallest absolute Gasteiger partial charge is 0.262 e. The zero-order chi connectivity index (χ0) is 15.5. The first-order chi connectivity index (χ1) is 9.95. The molecule has 2 aromatic carbocycles. The molecule has 0 aliphatic carbocycles. The van der Waals surface area contributed by atoms with Gasteiger partial charge < -0.3 is 5.32 Å². The molecule has 2 rings (SSSR count). The number of sulfonamides is 1. The molecule has 2 N–H and O–H groups in total. The van der Waals surface area contributed by atoms with E-state index in [4.69, 9.17) is 0 Å². The lowest BCUT2D eigenvalue weighted by Gasteiger charge is -2.13. The molecule has 4 nitrogen and oxygen atoms in total. The average Bonchev–Trinajstić information content (AvgIpc) is 2.44. The Morgan fingerprint density at radius 3 is 2.52 bits per heavy atom. The lowest BCUT2D eigenvalue weighted by molar-refractivity contribution is 0.599. The number of hydrogen-bond donors (Lipinski definition) is 2. The van der Waals surface area contributed by atoms with Crippen LogP contribution in [0.5, 0.6) is 0 Å². The average molecular weight is 308 g/mol. The van der Waals surface area contributed by atoms with Gasteiger partial charge in [-0.3, -0.25) is 4.72 Å². The van der Waals surface area contributed by atoms with Crippen molar-refractivity contribution in [1.29, 1.82) is 0 Å². The van der Waals surface area contributed by atoms with Crippen molar-refractivity contribution in [2.75, 3.05) is 11.8 Å². The second-order valence-corrected chi connectivity index (χ2v) is 6.31. The van der Waals surface area contributed by atoms with Crippen molar-refractivity contribution in [3.8, 4) is 0 Å². The van der Waals surface area contributed by atoms with E-state index in [1.165, 1.54) is 31.2 Å². The van der Waals surface area contributed by atoms with Gasteiger partial charge in [0.2, 0.25) is 0 Å². The lowest BCUT2D eigenvalue weighted by Crippen LogP contribution is -2.18. The summed E-state index contributed by atoms with van der Waals surface area (Å²) in [6.45, 7) is 1.96. The summed E-state index contributed by atoms with van der Waals surface area (Å²) < 4.78 is 41.0. The summed E-state index contributed by atoms with van der Waals surface area (Å²) >= 11 is 0. The summed E-state index contributed by atoms with van der Waals surface area (Å²) in [4.78, 5) is 0.183. The molecule has 0 atom stereocenters. The van der Waals surface area contributed by atoms with Gasteiger partial charge in [0, 0.05) is 12.1 Å². The Labute approximate surface area is 124 Å². The normalized spacial score (nSPS) is 11.4. The van der Waals surface area contributed by atoms with Crippen molar-refractivity contribution in [3.63, 3.8) is 0 Å². The minimum absolute atomic E-state index is 0.183. The molecule has 0 heterocycles. The van der Waals surface area contributed by atoms with Crippen molar-refractivity contribution >= 4 is 15.7 Å². The number of halogens is 1. The highest BCUT2D eigenvalue weighted by molar-refractivity contribution is 7.92. The van der Waals surface area contributed by atoms with Crippen molar-refractivity contribution in [3.05, 3.63) is 59.4 Å². The molecule has 0 unspecified atom stereocenters. The Balaban J connectivity index is 2.41. The van der Waals surface area contributed by atoms with Crippen LogP contribution in [-0.4, -0.2) is 15.5 Å². The Morgan fingerprint density at radius 1 is 1.10 bits per heavy atom. The zero-order valence-corrected chi connectivity index (χ0v) is 12.7. The van der Waals surface area contributed by atoms with Crippen LogP contribution in [0, 0.1) is 12.7 Å². The topological polar surface area (TPSA) is 58.2 Å². The maximum absolute atomic E-state index is 13.5. The molecule has 0 aliphatic rings. The van der Waals surface area contributed by atoms with Crippen LogP contribution >= 0.6 is 0 Å². The monoisotopic (exact) mass is 308 g/mol. The van der Waals surface area contributed by atoms with Crippen LogP contribution in [0.1, 0.15) is 11.1 Å². The highest BCUT2D eigenvalue weighted by Crippen LogP contribution is 2.23. The summed E-state index contributed by atoms with van der Waals surface area (Å²) in [7, 11) is -2.02. The third-order valence-electron chi connectivity index (χ3n) is 3.14. The summed E-state index contributed by atoms with van der Waals surface area (Å²) in [6.07, 6.45) is 0. The molecule has 6 heteroatoms. The van der Waals surface area contributed by atoms with Gasteiger partial charge in [-0.2, -0.15) is 0 Å². The molecule has 21 heavy (non-hydrogen) atoms. The van der Waals surface area contributed by atoms with Gasteiger partial charge in [0.05, 0.1) is 10.6 Å². The van der Waals surface area contributed by atoms with Crippen molar-refractivity contribution in [1.82, 2.24) is 5.32 Å². The highest BCUT2D eigenvalue weighted by atomic mass is 32.2. The van der Waals surface area contributed by atoms with Crippen LogP contribution in [0.3, 0.4) is 0 Å². The van der Waals surface area contributed by atoms with E-state index in [2.05, 4.69) is 10.0 Å². The van der Waals surface area contributed by atoms with E-state index < -0.39 is 15.8 Å². The van der Waals surface area contributed by atoms with Gasteiger partial charge in [0.25, 0.3) is 10.0 Å². The third-order valence-corrected chi connectivity index (χ3v) is 4.61. The Hall–Kier alpha value is -1.92. The largest absolute Gasteiger partial charge is 0.316 e. The number of anilines is 1. The van der Waals surface area contributed by atoms with Crippen LogP contribution < -0.4 is 10.0 Å². The van der Waals surface area contributed by atoms with Crippen molar-refractivity contribution in [2.24, 2.45) is 0 Å². The quantitative estimate of drug-likeness (QED) is 0.893. The van der Waals surface area contributed by atoms with Crippen LogP contribution in [-0.2, 0) is 16.6 Å². The Bertz CT molecular complexity index is 745. The summed E-state index contributed by atoms with van der Waals surface area (Å²) in [5.74, 6) is -0.446. The number of benzene rings is 2. The molecule has 0 aromatic heterocycles. The van der Waals surface area contributed by atoms with Crippen LogP contribution in [0.2, 0.25) is 0 Å². The molecule has 0 fully saturated rings. The van der Waals surface area contributed by atoms with Gasteiger partial charge in [-0.15, -0.1) is 0 Å². The first kappa shape index (κ1) is 15.5. The maximum atomic E-state index is 13.5. The number of hydrogen-bond acceptors (Lipinski definition) is 3. The maximum Gasteiger partial charge on any atom is 0.262 e. The molecule has 0 spiro atoms. The molecular formula is C15H17FN2O2S. The van der Waals surface area contributed by atoms with E-state index >= 15 is 0 Å². The third kappa shape index (κ3) is 3.40. The van der Waals surface area contributed by atoms with Gasteiger partial charge >= 0.3 is 0 Å². The molecular weight excluding hydrogens is 291 g/mol. The van der Waals surface area contributed by atoms with E-state index in [1.54, 1.807) is 25.2 Å². The molecule has 0 aliphatic heterocycles. The second kappa shape index (κ2) is 6.24. The lowest BCUT2D eigenvalue weighted by atomic mass is 10.2. The predicted octanol–water partition coefficient (Wildman–Crippen LogP) is 2.65. The van der Waals surface area contributed by atoms with Gasteiger partial charge in [-0.25, -0.2) is 12.8 Å². The highest BCUT2D eigenvalue weighted by Gasteiger charge is 2.19. The summed E-state index contributed by atoms with van der Waals surface area (Å²) in [5, 5.41) is 2.93. The van der Waals surface area contributed by atoms with Crippen LogP contribution in [0.4, 0.5) is 10.1 Å². The molecule has 0 amide bonds. The van der Waals surface area contributed by atoms with Gasteiger partial charge in [0.15, 0.2) is 0 Å². The fraction of sp³-hybridized carbons (Fsp3) is 0.200. The fourth-order valence-corrected chi connectivity index (χ4v) is 3.38. The number of rotatable bonds is 5. The molecule has 0 saturated heterocycles. The number of nitrogens with one attached hydrogen (secondary N) is 2. The standard InChI is InChI=1S/C15H17FN2O2S/c1-11-13(16)7-5-8-14(11)18-21(19,20)15-9-4-3-6-12(15)10-17-2/h3-9,17-18H,10H2,1-2H3. The second-order valence-electron chi connectivity index (χ2n) is 4.66. The van der Waals surface area contributed by atoms with Crippen molar-refractivity contribution in [2.45, 2.75) is 18.4 Å². The molecule has 2 aromatic rings. The Kier molecular flexibility index (Phi) is 4.59. The SMILES string of the molecule is CNCc1ccccc1S(=O)(=O)Nc1cccc(F)c1C. The van der Waals surface area contributed by atoms with Crippen LogP contribution in [0.25, 0.3) is 0 Å². The van der Waals surface area contributed by atoms with Gasteiger partial charge in [-0.1, -0.05) is 24.3 Å². The molecule has 0 bridgehead atoms. The van der Waals surface area contributed by atoms with Crippen molar-refractivity contribution < 1.29 is 12.8 Å². The predicted molar refractivity (Wildman–Crippen MR) is 81.2 cm³/mol. The summed E-state index contributed by atoms with van der Waals surface area (Å²) in [5.41, 5.74) is 1.17. The minimum Gasteiger partial charge on any atom is -0.316 e. The zero-order valence-electron chi connectivity index (χ0n) is 11.9. The fourth-order valence-electron chi connectivity index (χ4n) is 2.02. The van der Waals surface area contributed by atoms with E-state index in [0.29, 0.717) is 12.1 Å². The molecule has 0 saturated carbocycles. The van der Waals surface area contributed by atoms with E-state index in [1.807, 2.05) is 0 Å². The Morgan fingerprint density at radius 2 is 1.81 bits per heavy atom. The molecule has 0 radical (unpaired) electrons. The molecule has 112 valence electrons. The summed E-state index contributed by atoms with van der Waals surface area (Å²) in [6, 6.07) is 11.0. The van der Waals surface area contributed by atoms with Gasteiger partial charge in [-0.05, 0) is 37.7 Å².